The molecule has 4 aromatic rings. The monoisotopic (exact) mass is 693 g/mol. The lowest BCUT2D eigenvalue weighted by Gasteiger charge is -2.27. The number of nitrogens with zero attached hydrogens (tertiary/aromatic N) is 2. The molecule has 9 nitrogen and oxygen atoms in total. The highest BCUT2D eigenvalue weighted by Gasteiger charge is 2.47. The van der Waals surface area contributed by atoms with E-state index in [9.17, 15) is 32.8 Å². The summed E-state index contributed by atoms with van der Waals surface area (Å²) < 4.78 is 36.4. The van der Waals surface area contributed by atoms with Crippen molar-refractivity contribution in [3.63, 3.8) is 0 Å². The highest BCUT2D eigenvalue weighted by Crippen LogP contribution is 2.53. The zero-order valence-electron chi connectivity index (χ0n) is 26.8. The zero-order chi connectivity index (χ0) is 34.1. The minimum absolute atomic E-state index is 0.175. The second kappa shape index (κ2) is 11.7. The van der Waals surface area contributed by atoms with Crippen LogP contribution >= 0.6 is 22.7 Å². The van der Waals surface area contributed by atoms with E-state index in [1.807, 2.05) is 55.0 Å². The maximum absolute atomic E-state index is 12.3. The van der Waals surface area contributed by atoms with E-state index < -0.39 is 38.6 Å². The minimum atomic E-state index is -4.17. The zero-order valence-corrected chi connectivity index (χ0v) is 29.3. The molecule has 0 spiro atoms. The summed E-state index contributed by atoms with van der Waals surface area (Å²) in [6.45, 7) is 11.4. The van der Waals surface area contributed by atoms with E-state index >= 15 is 0 Å². The number of anilines is 1. The third kappa shape index (κ3) is 5.41. The van der Waals surface area contributed by atoms with Crippen LogP contribution in [0.15, 0.2) is 59.0 Å². The molecule has 0 aliphatic carbocycles. The fourth-order valence-electron chi connectivity index (χ4n) is 7.22. The van der Waals surface area contributed by atoms with Crippen LogP contribution in [0.25, 0.3) is 20.2 Å². The smallest absolute Gasteiger partial charge is 0.337 e. The van der Waals surface area contributed by atoms with Crippen molar-refractivity contribution < 1.29 is 37.3 Å². The SMILES string of the molecule is CCC[N+]1=C(/C=C/C=C2/N(CCCS(=O)(=O)O)c3c(cc(C(=O)O)c4sccc34)C2(C)C)C(C)(C)c2cc(C(=O)O)c3sccc3c21. The first kappa shape index (κ1) is 33.1. The molecule has 0 bridgehead atoms. The van der Waals surface area contributed by atoms with E-state index in [1.165, 1.54) is 22.7 Å². The number of aromatic carboxylic acids is 2. The fraction of sp³-hybridized carbons (Fsp3) is 0.343. The van der Waals surface area contributed by atoms with Crippen molar-refractivity contribution in [1.82, 2.24) is 0 Å². The van der Waals surface area contributed by atoms with Crippen molar-refractivity contribution in [2.24, 2.45) is 0 Å². The fourth-order valence-corrected chi connectivity index (χ4v) is 9.52. The van der Waals surface area contributed by atoms with Crippen molar-refractivity contribution in [3.05, 3.63) is 81.2 Å². The predicted octanol–water partition coefficient (Wildman–Crippen LogP) is 7.81. The molecule has 246 valence electrons. The van der Waals surface area contributed by atoms with Gasteiger partial charge in [0.1, 0.15) is 6.54 Å². The first-order valence-corrected chi connectivity index (χ1v) is 18.8. The molecular formula is C35H37N2O7S3+. The summed E-state index contributed by atoms with van der Waals surface area (Å²) >= 11 is 2.79. The number of thiophene rings is 2. The molecule has 0 amide bonds. The van der Waals surface area contributed by atoms with Gasteiger partial charge in [0.15, 0.2) is 5.71 Å². The average Bonchev–Trinajstić information content (AvgIpc) is 3.73. The molecule has 0 unspecified atom stereocenters. The summed E-state index contributed by atoms with van der Waals surface area (Å²) in [7, 11) is -4.17. The standard InChI is InChI=1S/C35H36N2O7S3/c1-6-13-36-26(34(2,3)24-18-22(32(38)39)30-20(28(24)36)11-15-45-30)9-7-10-27-35(4,5)25-19-23(33(40)41)31-21(12-16-46-31)29(25)37(27)14-8-17-47(42,43)44/h7,9-12,15-16,18-19H,6,8,13-14,17H2,1-5H3,(H2-,38,39,40,41,42,43,44)/p+1. The Morgan fingerprint density at radius 3 is 2.13 bits per heavy atom. The van der Waals surface area contributed by atoms with Gasteiger partial charge in [0.25, 0.3) is 10.1 Å². The quantitative estimate of drug-likeness (QED) is 0.113. The Bertz CT molecular complexity index is 2180. The summed E-state index contributed by atoms with van der Waals surface area (Å²) in [4.78, 5) is 26.6. The van der Waals surface area contributed by atoms with Gasteiger partial charge in [-0.1, -0.05) is 26.8 Å². The Kier molecular flexibility index (Phi) is 8.23. The Balaban J connectivity index is 1.50. The van der Waals surface area contributed by atoms with E-state index in [0.717, 1.165) is 62.3 Å². The van der Waals surface area contributed by atoms with Gasteiger partial charge in [-0.15, -0.1) is 22.7 Å². The molecule has 0 atom stereocenters. The molecule has 2 aromatic heterocycles. The van der Waals surface area contributed by atoms with Crippen LogP contribution in [-0.2, 0) is 20.9 Å². The van der Waals surface area contributed by atoms with Crippen LogP contribution in [0.2, 0.25) is 0 Å². The van der Waals surface area contributed by atoms with Gasteiger partial charge in [0.05, 0.1) is 42.8 Å². The number of fused-ring (bicyclic) bond motifs is 6. The summed E-state index contributed by atoms with van der Waals surface area (Å²) in [5.74, 6) is -2.35. The number of hydrogen-bond acceptors (Lipinski definition) is 7. The largest absolute Gasteiger partial charge is 0.478 e. The second-order valence-electron chi connectivity index (χ2n) is 13.1. The number of benzene rings is 2. The van der Waals surface area contributed by atoms with Crippen LogP contribution in [0.3, 0.4) is 0 Å². The molecule has 2 aromatic carbocycles. The Morgan fingerprint density at radius 2 is 1.53 bits per heavy atom. The van der Waals surface area contributed by atoms with Crippen molar-refractivity contribution in [2.45, 2.75) is 58.3 Å². The van der Waals surface area contributed by atoms with E-state index in [-0.39, 0.29) is 12.0 Å². The van der Waals surface area contributed by atoms with Gasteiger partial charge in [0.2, 0.25) is 5.69 Å². The topological polar surface area (TPSA) is 135 Å². The molecule has 47 heavy (non-hydrogen) atoms. The number of carboxylic acids is 2. The average molecular weight is 694 g/mol. The normalized spacial score (nSPS) is 17.8. The lowest BCUT2D eigenvalue weighted by atomic mass is 9.80. The second-order valence-corrected chi connectivity index (χ2v) is 16.5. The van der Waals surface area contributed by atoms with Crippen LogP contribution in [0, 0.1) is 0 Å². The number of hydrogen-bond donors (Lipinski definition) is 3. The molecule has 2 aliphatic heterocycles. The van der Waals surface area contributed by atoms with Crippen molar-refractivity contribution in [3.8, 4) is 0 Å². The molecule has 0 saturated carbocycles. The summed E-state index contributed by atoms with van der Waals surface area (Å²) in [6.07, 6.45) is 7.11. The van der Waals surface area contributed by atoms with Crippen LogP contribution in [-0.4, -0.2) is 64.3 Å². The highest BCUT2D eigenvalue weighted by molar-refractivity contribution is 7.85. The van der Waals surface area contributed by atoms with Gasteiger partial charge < -0.3 is 15.1 Å². The molecule has 4 heterocycles. The molecule has 3 N–H and O–H groups in total. The number of allylic oxidation sites excluding steroid dienone is 4. The Hall–Kier alpha value is -3.84. The summed E-state index contributed by atoms with van der Waals surface area (Å²) in [5, 5.41) is 25.6. The lowest BCUT2D eigenvalue weighted by Crippen LogP contribution is -2.29. The van der Waals surface area contributed by atoms with Gasteiger partial charge in [0, 0.05) is 41.1 Å². The first-order chi connectivity index (χ1) is 22.1. The van der Waals surface area contributed by atoms with Gasteiger partial charge in [-0.2, -0.15) is 13.0 Å². The molecule has 6 rings (SSSR count). The Labute approximate surface area is 281 Å². The van der Waals surface area contributed by atoms with Gasteiger partial charge in [-0.3, -0.25) is 4.55 Å². The molecule has 0 saturated heterocycles. The van der Waals surface area contributed by atoms with Crippen LogP contribution in [0.4, 0.5) is 11.4 Å². The van der Waals surface area contributed by atoms with E-state index in [1.54, 1.807) is 6.07 Å². The summed E-state index contributed by atoms with van der Waals surface area (Å²) in [5.41, 5.74) is 4.99. The summed E-state index contributed by atoms with van der Waals surface area (Å²) in [6, 6.07) is 7.46. The number of carboxylic acid groups (broad SMARTS) is 2. The van der Waals surface area contributed by atoms with Crippen LogP contribution in [0.1, 0.15) is 79.3 Å². The van der Waals surface area contributed by atoms with Gasteiger partial charge in [-0.05, 0) is 66.9 Å². The van der Waals surface area contributed by atoms with Crippen molar-refractivity contribution >= 4 is 82.0 Å². The molecule has 0 radical (unpaired) electrons. The lowest BCUT2D eigenvalue weighted by molar-refractivity contribution is -0.436. The predicted molar refractivity (Wildman–Crippen MR) is 189 cm³/mol. The van der Waals surface area contributed by atoms with Crippen molar-refractivity contribution in [2.75, 3.05) is 23.7 Å². The minimum Gasteiger partial charge on any atom is -0.478 e. The first-order valence-electron chi connectivity index (χ1n) is 15.4. The third-order valence-corrected chi connectivity index (χ3v) is 12.1. The third-order valence-electron chi connectivity index (χ3n) is 9.37. The van der Waals surface area contributed by atoms with Crippen LogP contribution in [0.5, 0.6) is 0 Å². The van der Waals surface area contributed by atoms with Gasteiger partial charge >= 0.3 is 11.9 Å². The number of rotatable bonds is 10. The molecular weight excluding hydrogens is 657 g/mol. The highest BCUT2D eigenvalue weighted by atomic mass is 32.2. The van der Waals surface area contributed by atoms with Gasteiger partial charge in [-0.25, -0.2) is 9.59 Å². The van der Waals surface area contributed by atoms with Crippen LogP contribution < -0.4 is 4.90 Å². The number of carbonyl (C=O) groups is 2. The van der Waals surface area contributed by atoms with E-state index in [4.69, 9.17) is 0 Å². The Morgan fingerprint density at radius 1 is 0.936 bits per heavy atom. The maximum atomic E-state index is 12.3. The molecule has 2 aliphatic rings. The molecule has 12 heteroatoms. The molecule has 0 fully saturated rings. The van der Waals surface area contributed by atoms with E-state index in [2.05, 4.69) is 36.3 Å². The maximum Gasteiger partial charge on any atom is 0.337 e. The van der Waals surface area contributed by atoms with Crippen molar-refractivity contribution in [1.29, 1.82) is 0 Å². The van der Waals surface area contributed by atoms with E-state index in [0.29, 0.717) is 16.8 Å².